The van der Waals surface area contributed by atoms with Crippen molar-refractivity contribution in [2.45, 2.75) is 26.7 Å². The molecule has 19 heavy (non-hydrogen) atoms. The van der Waals surface area contributed by atoms with Gasteiger partial charge in [-0.1, -0.05) is 12.1 Å². The Morgan fingerprint density at radius 2 is 2.05 bits per heavy atom. The molecule has 9 heteroatoms. The Labute approximate surface area is 108 Å². The van der Waals surface area contributed by atoms with Crippen LogP contribution in [0, 0.1) is 12.8 Å². The van der Waals surface area contributed by atoms with Gasteiger partial charge in [0.15, 0.2) is 5.82 Å². The fourth-order valence-electron chi connectivity index (χ4n) is 1.34. The van der Waals surface area contributed by atoms with Crippen molar-refractivity contribution < 1.29 is 24.0 Å². The van der Waals surface area contributed by atoms with Crippen LogP contribution in [0.5, 0.6) is 0 Å². The summed E-state index contributed by atoms with van der Waals surface area (Å²) in [6.45, 7) is 3.18. The summed E-state index contributed by atoms with van der Waals surface area (Å²) in [6.07, 6.45) is -0.208. The molecule has 0 aliphatic heterocycles. The molecule has 1 atom stereocenters. The number of hydrogen-bond acceptors (Lipinski definition) is 6. The van der Waals surface area contributed by atoms with Gasteiger partial charge in [0.05, 0.1) is 0 Å². The third-order valence-electron chi connectivity index (χ3n) is 2.06. The van der Waals surface area contributed by atoms with Gasteiger partial charge in [0, 0.05) is 12.8 Å². The van der Waals surface area contributed by atoms with Crippen molar-refractivity contribution in [3.63, 3.8) is 0 Å². The summed E-state index contributed by atoms with van der Waals surface area (Å²) in [7, 11) is 0. The van der Waals surface area contributed by atoms with Gasteiger partial charge in [-0.25, -0.2) is 4.79 Å². The fourth-order valence-corrected chi connectivity index (χ4v) is 1.34. The number of urea groups is 1. The number of amides is 3. The van der Waals surface area contributed by atoms with Crippen molar-refractivity contribution in [2.75, 3.05) is 5.32 Å². The number of imide groups is 1. The second-order valence-corrected chi connectivity index (χ2v) is 4.06. The largest absolute Gasteiger partial charge is 0.481 e. The number of carboxylic acids is 1. The van der Waals surface area contributed by atoms with Gasteiger partial charge in [-0.2, -0.15) is 4.98 Å². The first-order valence-corrected chi connectivity index (χ1v) is 5.49. The summed E-state index contributed by atoms with van der Waals surface area (Å²) in [4.78, 5) is 36.9. The van der Waals surface area contributed by atoms with Crippen molar-refractivity contribution in [1.29, 1.82) is 0 Å². The van der Waals surface area contributed by atoms with E-state index in [0.29, 0.717) is 5.82 Å². The number of nitrogens with zero attached hydrogens (tertiary/aromatic N) is 2. The van der Waals surface area contributed by atoms with E-state index in [1.165, 1.54) is 0 Å². The lowest BCUT2D eigenvalue weighted by Crippen LogP contribution is -2.35. The van der Waals surface area contributed by atoms with Gasteiger partial charge in [-0.3, -0.25) is 20.2 Å². The van der Waals surface area contributed by atoms with E-state index < -0.39 is 17.9 Å². The molecule has 9 nitrogen and oxygen atoms in total. The average Bonchev–Trinajstić information content (AvgIpc) is 2.61. The van der Waals surface area contributed by atoms with E-state index in [4.69, 9.17) is 5.11 Å². The van der Waals surface area contributed by atoms with Crippen LogP contribution in [-0.2, 0) is 9.59 Å². The Morgan fingerprint density at radius 1 is 1.37 bits per heavy atom. The number of aliphatic carboxylic acids is 1. The van der Waals surface area contributed by atoms with Gasteiger partial charge < -0.3 is 9.63 Å². The molecule has 0 aliphatic carbocycles. The van der Waals surface area contributed by atoms with Crippen LogP contribution < -0.4 is 10.6 Å². The standard InChI is InChI=1S/C10H14N4O5/c1-5(4-8(16)17)3-7(15)12-9(18)13-10-11-6(2)14-19-10/h5H,3-4H2,1-2H3,(H,16,17)(H2,11,12,13,14,15,18). The van der Waals surface area contributed by atoms with Gasteiger partial charge in [0.2, 0.25) is 5.91 Å². The lowest BCUT2D eigenvalue weighted by atomic mass is 10.0. The van der Waals surface area contributed by atoms with Crippen LogP contribution in [0.1, 0.15) is 25.6 Å². The molecule has 1 aromatic heterocycles. The molecule has 1 heterocycles. The van der Waals surface area contributed by atoms with E-state index in [1.54, 1.807) is 13.8 Å². The molecule has 1 aromatic rings. The first-order valence-electron chi connectivity index (χ1n) is 5.49. The maximum atomic E-state index is 11.4. The Morgan fingerprint density at radius 3 is 2.58 bits per heavy atom. The molecule has 0 radical (unpaired) electrons. The van der Waals surface area contributed by atoms with Crippen molar-refractivity contribution in [3.05, 3.63) is 5.82 Å². The highest BCUT2D eigenvalue weighted by molar-refractivity contribution is 6.00. The number of carbonyl (C=O) groups excluding carboxylic acids is 2. The Hall–Kier alpha value is -2.45. The van der Waals surface area contributed by atoms with Crippen LogP contribution in [0.4, 0.5) is 10.8 Å². The van der Waals surface area contributed by atoms with Crippen LogP contribution in [0.3, 0.4) is 0 Å². The zero-order valence-corrected chi connectivity index (χ0v) is 10.5. The Balaban J connectivity index is 2.35. The number of rotatable bonds is 5. The van der Waals surface area contributed by atoms with Crippen molar-refractivity contribution in [3.8, 4) is 0 Å². The number of hydrogen-bond donors (Lipinski definition) is 3. The highest BCUT2D eigenvalue weighted by atomic mass is 16.5. The summed E-state index contributed by atoms with van der Waals surface area (Å²) >= 11 is 0. The highest BCUT2D eigenvalue weighted by Crippen LogP contribution is 2.07. The summed E-state index contributed by atoms with van der Waals surface area (Å²) < 4.78 is 4.63. The quantitative estimate of drug-likeness (QED) is 0.710. The SMILES string of the molecule is Cc1noc(NC(=O)NC(=O)CC(C)CC(=O)O)n1. The molecule has 0 bridgehead atoms. The first kappa shape index (κ1) is 14.6. The molecule has 0 spiro atoms. The van der Waals surface area contributed by atoms with Gasteiger partial charge in [0.25, 0.3) is 0 Å². The summed E-state index contributed by atoms with van der Waals surface area (Å²) in [5.74, 6) is -1.60. The van der Waals surface area contributed by atoms with Crippen LogP contribution in [0.25, 0.3) is 0 Å². The highest BCUT2D eigenvalue weighted by Gasteiger charge is 2.15. The Bertz CT molecular complexity index is 484. The van der Waals surface area contributed by atoms with Gasteiger partial charge in [-0.15, -0.1) is 0 Å². The van der Waals surface area contributed by atoms with E-state index in [-0.39, 0.29) is 24.8 Å². The fraction of sp³-hybridized carbons (Fsp3) is 0.500. The number of carbonyl (C=O) groups is 3. The summed E-state index contributed by atoms with van der Waals surface area (Å²) in [5.41, 5.74) is 0. The normalized spacial score (nSPS) is 11.7. The molecule has 0 saturated carbocycles. The number of aromatic nitrogens is 2. The summed E-state index contributed by atoms with van der Waals surface area (Å²) in [5, 5.41) is 16.2. The van der Waals surface area contributed by atoms with Gasteiger partial charge in [0.1, 0.15) is 0 Å². The van der Waals surface area contributed by atoms with E-state index in [0.717, 1.165) is 0 Å². The number of nitrogens with one attached hydrogen (secondary N) is 2. The molecule has 3 amide bonds. The third-order valence-corrected chi connectivity index (χ3v) is 2.06. The van der Waals surface area contributed by atoms with E-state index in [1.807, 2.05) is 5.32 Å². The molecular formula is C10H14N4O5. The van der Waals surface area contributed by atoms with Crippen molar-refractivity contribution in [2.24, 2.45) is 5.92 Å². The number of anilines is 1. The molecule has 104 valence electrons. The van der Waals surface area contributed by atoms with Gasteiger partial charge >= 0.3 is 18.0 Å². The molecule has 0 aromatic carbocycles. The third kappa shape index (κ3) is 5.61. The predicted octanol–water partition coefficient (Wildman–Crippen LogP) is 0.527. The smallest absolute Gasteiger partial charge is 0.329 e. The van der Waals surface area contributed by atoms with Crippen LogP contribution in [0.15, 0.2) is 4.52 Å². The van der Waals surface area contributed by atoms with Crippen molar-refractivity contribution >= 4 is 23.9 Å². The summed E-state index contributed by atoms with van der Waals surface area (Å²) in [6, 6.07) is -0.933. The second kappa shape index (κ2) is 6.47. The minimum Gasteiger partial charge on any atom is -0.481 e. The Kier molecular flexibility index (Phi) is 4.98. The monoisotopic (exact) mass is 270 g/mol. The zero-order valence-electron chi connectivity index (χ0n) is 10.5. The number of aryl methyl sites for hydroxylation is 1. The molecule has 0 fully saturated rings. The molecule has 1 unspecified atom stereocenters. The average molecular weight is 270 g/mol. The van der Waals surface area contributed by atoms with E-state index in [9.17, 15) is 14.4 Å². The molecular weight excluding hydrogens is 256 g/mol. The molecule has 0 saturated heterocycles. The molecule has 3 N–H and O–H groups in total. The minimum atomic E-state index is -0.994. The van der Waals surface area contributed by atoms with E-state index >= 15 is 0 Å². The van der Waals surface area contributed by atoms with Gasteiger partial charge in [-0.05, 0) is 12.8 Å². The zero-order chi connectivity index (χ0) is 14.4. The molecule has 1 rings (SSSR count). The lowest BCUT2D eigenvalue weighted by Gasteiger charge is -2.08. The van der Waals surface area contributed by atoms with Crippen LogP contribution in [0.2, 0.25) is 0 Å². The second-order valence-electron chi connectivity index (χ2n) is 4.06. The van der Waals surface area contributed by atoms with Crippen LogP contribution >= 0.6 is 0 Å². The lowest BCUT2D eigenvalue weighted by molar-refractivity contribution is -0.138. The number of carboxylic acid groups (broad SMARTS) is 1. The van der Waals surface area contributed by atoms with Crippen molar-refractivity contribution in [1.82, 2.24) is 15.5 Å². The maximum absolute atomic E-state index is 11.4. The van der Waals surface area contributed by atoms with E-state index in [2.05, 4.69) is 20.0 Å². The first-order chi connectivity index (χ1) is 8.86. The maximum Gasteiger partial charge on any atom is 0.329 e. The minimum absolute atomic E-state index is 0.0669. The molecule has 0 aliphatic rings. The topological polar surface area (TPSA) is 134 Å². The van der Waals surface area contributed by atoms with Crippen LogP contribution in [-0.4, -0.2) is 33.2 Å². The predicted molar refractivity (Wildman–Crippen MR) is 62.2 cm³/mol.